The van der Waals surface area contributed by atoms with Crippen LogP contribution in [0.1, 0.15) is 26.7 Å². The van der Waals surface area contributed by atoms with Crippen LogP contribution in [0, 0.1) is 0 Å². The van der Waals surface area contributed by atoms with Crippen molar-refractivity contribution in [2.45, 2.75) is 32.8 Å². The summed E-state index contributed by atoms with van der Waals surface area (Å²) in [7, 11) is 0. The third-order valence-electron chi connectivity index (χ3n) is 1.36. The molecule has 3 heteroatoms. The normalized spacial score (nSPS) is 12.5. The van der Waals surface area contributed by atoms with Crippen LogP contribution in [-0.4, -0.2) is 25.8 Å². The van der Waals surface area contributed by atoms with E-state index in [9.17, 15) is 4.79 Å². The Morgan fingerprint density at radius 3 is 2.64 bits per heavy atom. The van der Waals surface area contributed by atoms with E-state index in [1.54, 1.807) is 0 Å². The lowest BCUT2D eigenvalue weighted by Gasteiger charge is -2.13. The Balaban J connectivity index is 3.32. The maximum atomic E-state index is 9.82. The average Bonchev–Trinajstić information content (AvgIpc) is 2.05. The van der Waals surface area contributed by atoms with Gasteiger partial charge in [-0.25, -0.2) is 0 Å². The van der Waals surface area contributed by atoms with Gasteiger partial charge in [-0.05, 0) is 12.8 Å². The highest BCUT2D eigenvalue weighted by Crippen LogP contribution is 1.98. The standard InChI is InChI=1S/C8H16O3/c1-3-5-11-8(4-2)6-10-7-9/h7-8H,3-6H2,1-2H3. The van der Waals surface area contributed by atoms with Crippen LogP contribution < -0.4 is 0 Å². The molecule has 3 nitrogen and oxygen atoms in total. The van der Waals surface area contributed by atoms with Crippen molar-refractivity contribution in [3.05, 3.63) is 0 Å². The summed E-state index contributed by atoms with van der Waals surface area (Å²) in [5.74, 6) is 0. The van der Waals surface area contributed by atoms with Crippen molar-refractivity contribution in [3.63, 3.8) is 0 Å². The van der Waals surface area contributed by atoms with Crippen molar-refractivity contribution in [2.24, 2.45) is 0 Å². The largest absolute Gasteiger partial charge is 0.465 e. The highest BCUT2D eigenvalue weighted by Gasteiger charge is 2.04. The Hall–Kier alpha value is -0.570. The van der Waals surface area contributed by atoms with Crippen molar-refractivity contribution in [1.82, 2.24) is 0 Å². The molecule has 0 aromatic heterocycles. The van der Waals surface area contributed by atoms with E-state index in [1.165, 1.54) is 0 Å². The van der Waals surface area contributed by atoms with Gasteiger partial charge in [-0.2, -0.15) is 0 Å². The molecule has 0 aliphatic rings. The molecule has 0 radical (unpaired) electrons. The molecule has 0 heterocycles. The highest BCUT2D eigenvalue weighted by atomic mass is 16.6. The quantitative estimate of drug-likeness (QED) is 0.527. The van der Waals surface area contributed by atoms with Crippen LogP contribution in [0.5, 0.6) is 0 Å². The molecule has 0 aliphatic carbocycles. The lowest BCUT2D eigenvalue weighted by molar-refractivity contribution is -0.132. The molecule has 1 atom stereocenters. The molecule has 0 spiro atoms. The van der Waals surface area contributed by atoms with E-state index in [2.05, 4.69) is 4.74 Å². The first-order chi connectivity index (χ1) is 5.35. The summed E-state index contributed by atoms with van der Waals surface area (Å²) in [6, 6.07) is 0. The molecule has 11 heavy (non-hydrogen) atoms. The molecule has 0 N–H and O–H groups in total. The first kappa shape index (κ1) is 10.4. The van der Waals surface area contributed by atoms with Gasteiger partial charge in [0.05, 0.1) is 6.10 Å². The summed E-state index contributed by atoms with van der Waals surface area (Å²) < 4.78 is 9.94. The second-order valence-corrected chi connectivity index (χ2v) is 2.33. The van der Waals surface area contributed by atoms with Crippen LogP contribution in [-0.2, 0) is 14.3 Å². The average molecular weight is 160 g/mol. The van der Waals surface area contributed by atoms with Crippen LogP contribution in [0.2, 0.25) is 0 Å². The number of ether oxygens (including phenoxy) is 2. The third kappa shape index (κ3) is 5.85. The molecular weight excluding hydrogens is 144 g/mol. The van der Waals surface area contributed by atoms with E-state index in [4.69, 9.17) is 4.74 Å². The number of carbonyl (C=O) groups excluding carboxylic acids is 1. The minimum absolute atomic E-state index is 0.0696. The van der Waals surface area contributed by atoms with Gasteiger partial charge in [-0.1, -0.05) is 13.8 Å². The van der Waals surface area contributed by atoms with E-state index in [1.807, 2.05) is 13.8 Å². The summed E-state index contributed by atoms with van der Waals surface area (Å²) in [6.45, 7) is 5.63. The van der Waals surface area contributed by atoms with Crippen LogP contribution >= 0.6 is 0 Å². The molecule has 0 aliphatic heterocycles. The predicted octanol–water partition coefficient (Wildman–Crippen LogP) is 1.36. The number of hydrogen-bond acceptors (Lipinski definition) is 3. The maximum Gasteiger partial charge on any atom is 0.293 e. The molecule has 1 unspecified atom stereocenters. The zero-order valence-corrected chi connectivity index (χ0v) is 7.21. The van der Waals surface area contributed by atoms with Gasteiger partial charge in [-0.3, -0.25) is 4.79 Å². The van der Waals surface area contributed by atoms with E-state index >= 15 is 0 Å². The fourth-order valence-electron chi connectivity index (χ4n) is 0.715. The molecule has 0 aromatic carbocycles. The van der Waals surface area contributed by atoms with Gasteiger partial charge in [0.15, 0.2) is 0 Å². The van der Waals surface area contributed by atoms with Crippen molar-refractivity contribution >= 4 is 6.47 Å². The predicted molar refractivity (Wildman–Crippen MR) is 42.3 cm³/mol. The van der Waals surface area contributed by atoms with Crippen LogP contribution in [0.4, 0.5) is 0 Å². The van der Waals surface area contributed by atoms with Gasteiger partial charge in [0, 0.05) is 6.61 Å². The molecule has 0 amide bonds. The monoisotopic (exact) mass is 160 g/mol. The number of hydrogen-bond donors (Lipinski definition) is 0. The third-order valence-corrected chi connectivity index (χ3v) is 1.36. The minimum atomic E-state index is 0.0696. The molecule has 0 aromatic rings. The van der Waals surface area contributed by atoms with E-state index in [-0.39, 0.29) is 6.10 Å². The lowest BCUT2D eigenvalue weighted by Crippen LogP contribution is -2.18. The second kappa shape index (κ2) is 7.54. The van der Waals surface area contributed by atoms with Gasteiger partial charge in [0.25, 0.3) is 6.47 Å². The van der Waals surface area contributed by atoms with Crippen LogP contribution in [0.15, 0.2) is 0 Å². The minimum Gasteiger partial charge on any atom is -0.465 e. The van der Waals surface area contributed by atoms with Crippen molar-refractivity contribution in [1.29, 1.82) is 0 Å². The summed E-state index contributed by atoms with van der Waals surface area (Å²) in [6.07, 6.45) is 1.95. The zero-order valence-electron chi connectivity index (χ0n) is 7.21. The summed E-state index contributed by atoms with van der Waals surface area (Å²) in [4.78, 5) is 9.82. The number of carbonyl (C=O) groups is 1. The molecular formula is C8H16O3. The Morgan fingerprint density at radius 1 is 1.45 bits per heavy atom. The Labute approximate surface area is 67.7 Å². The maximum absolute atomic E-state index is 9.82. The van der Waals surface area contributed by atoms with E-state index in [0.717, 1.165) is 19.4 Å². The SMILES string of the molecule is CCCOC(CC)COC=O. The fourth-order valence-corrected chi connectivity index (χ4v) is 0.715. The molecule has 0 rings (SSSR count). The molecule has 0 saturated heterocycles. The van der Waals surface area contributed by atoms with Crippen molar-refractivity contribution in [3.8, 4) is 0 Å². The fraction of sp³-hybridized carbons (Fsp3) is 0.875. The number of rotatable bonds is 7. The van der Waals surface area contributed by atoms with Crippen LogP contribution in [0.3, 0.4) is 0 Å². The lowest BCUT2D eigenvalue weighted by atomic mass is 10.3. The molecule has 66 valence electrons. The second-order valence-electron chi connectivity index (χ2n) is 2.33. The first-order valence-corrected chi connectivity index (χ1v) is 4.02. The molecule has 0 fully saturated rings. The van der Waals surface area contributed by atoms with Crippen LogP contribution in [0.25, 0.3) is 0 Å². The Kier molecular flexibility index (Phi) is 7.15. The smallest absolute Gasteiger partial charge is 0.293 e. The summed E-state index contributed by atoms with van der Waals surface area (Å²) in [5, 5.41) is 0. The summed E-state index contributed by atoms with van der Waals surface area (Å²) >= 11 is 0. The molecule has 0 bridgehead atoms. The zero-order chi connectivity index (χ0) is 8.53. The van der Waals surface area contributed by atoms with Gasteiger partial charge >= 0.3 is 0 Å². The van der Waals surface area contributed by atoms with Gasteiger partial charge in [0.1, 0.15) is 6.61 Å². The summed E-state index contributed by atoms with van der Waals surface area (Å²) in [5.41, 5.74) is 0. The van der Waals surface area contributed by atoms with Crippen molar-refractivity contribution in [2.75, 3.05) is 13.2 Å². The Bertz CT molecular complexity index is 93.3. The highest BCUT2D eigenvalue weighted by molar-refractivity contribution is 5.36. The van der Waals surface area contributed by atoms with Gasteiger partial charge in [-0.15, -0.1) is 0 Å². The Morgan fingerprint density at radius 2 is 2.18 bits per heavy atom. The molecule has 0 saturated carbocycles. The topological polar surface area (TPSA) is 35.5 Å². The van der Waals surface area contributed by atoms with E-state index < -0.39 is 0 Å². The van der Waals surface area contributed by atoms with Gasteiger partial charge in [0.2, 0.25) is 0 Å². The first-order valence-electron chi connectivity index (χ1n) is 4.02. The van der Waals surface area contributed by atoms with Crippen molar-refractivity contribution < 1.29 is 14.3 Å². The van der Waals surface area contributed by atoms with Gasteiger partial charge < -0.3 is 9.47 Å². The van der Waals surface area contributed by atoms with E-state index in [0.29, 0.717) is 13.1 Å².